The van der Waals surface area contributed by atoms with Gasteiger partial charge in [-0.2, -0.15) is 0 Å². The summed E-state index contributed by atoms with van der Waals surface area (Å²) in [6, 6.07) is 0.793. The van der Waals surface area contributed by atoms with E-state index in [9.17, 15) is 0 Å². The molecular weight excluding hydrogens is 224 g/mol. The number of nitrogens with one attached hydrogen (secondary N) is 1. The van der Waals surface area contributed by atoms with Crippen molar-refractivity contribution in [1.82, 2.24) is 10.2 Å². The molecule has 3 nitrogen and oxygen atoms in total. The summed E-state index contributed by atoms with van der Waals surface area (Å²) < 4.78 is 6.15. The molecule has 1 N–H and O–H groups in total. The maximum atomic E-state index is 6.15. The van der Waals surface area contributed by atoms with Crippen molar-refractivity contribution in [3.05, 3.63) is 0 Å². The SMILES string of the molecule is CCNCC1CCC(CN2CCCC2C(C)C)O1. The van der Waals surface area contributed by atoms with Gasteiger partial charge in [-0.25, -0.2) is 0 Å². The van der Waals surface area contributed by atoms with Crippen LogP contribution in [0.2, 0.25) is 0 Å². The second kappa shape index (κ2) is 6.88. The van der Waals surface area contributed by atoms with E-state index in [0.717, 1.165) is 31.6 Å². The number of likely N-dealkylation sites (N-methyl/N-ethyl adjacent to an activating group) is 1. The molecule has 0 aromatic heterocycles. The lowest BCUT2D eigenvalue weighted by atomic mass is 10.0. The van der Waals surface area contributed by atoms with Gasteiger partial charge in [0, 0.05) is 19.1 Å². The third-order valence-electron chi connectivity index (χ3n) is 4.44. The Morgan fingerprint density at radius 2 is 2.00 bits per heavy atom. The maximum absolute atomic E-state index is 6.15. The van der Waals surface area contributed by atoms with Gasteiger partial charge in [0.2, 0.25) is 0 Å². The fraction of sp³-hybridized carbons (Fsp3) is 1.00. The number of likely N-dealkylation sites (tertiary alicyclic amines) is 1. The molecule has 2 rings (SSSR count). The summed E-state index contributed by atoms with van der Waals surface area (Å²) in [5.41, 5.74) is 0. The molecule has 3 heteroatoms. The molecular formula is C15H30N2O. The minimum Gasteiger partial charge on any atom is -0.372 e. The summed E-state index contributed by atoms with van der Waals surface area (Å²) in [6.45, 7) is 11.4. The van der Waals surface area contributed by atoms with Gasteiger partial charge < -0.3 is 10.1 Å². The molecule has 2 aliphatic heterocycles. The monoisotopic (exact) mass is 254 g/mol. The Morgan fingerprint density at radius 1 is 1.22 bits per heavy atom. The molecule has 0 bridgehead atoms. The fourth-order valence-electron chi connectivity index (χ4n) is 3.46. The van der Waals surface area contributed by atoms with E-state index in [1.54, 1.807) is 0 Å². The van der Waals surface area contributed by atoms with Gasteiger partial charge in [-0.15, -0.1) is 0 Å². The van der Waals surface area contributed by atoms with Crippen molar-refractivity contribution in [3.8, 4) is 0 Å². The van der Waals surface area contributed by atoms with E-state index in [1.165, 1.54) is 32.2 Å². The van der Waals surface area contributed by atoms with Gasteiger partial charge in [0.25, 0.3) is 0 Å². The lowest BCUT2D eigenvalue weighted by molar-refractivity contribution is 0.0176. The van der Waals surface area contributed by atoms with Crippen LogP contribution in [0.15, 0.2) is 0 Å². The quantitative estimate of drug-likeness (QED) is 0.787. The van der Waals surface area contributed by atoms with Crippen LogP contribution < -0.4 is 5.32 Å². The molecule has 3 unspecified atom stereocenters. The zero-order valence-electron chi connectivity index (χ0n) is 12.3. The highest BCUT2D eigenvalue weighted by molar-refractivity contribution is 4.85. The molecule has 0 aliphatic carbocycles. The van der Waals surface area contributed by atoms with Crippen molar-refractivity contribution in [1.29, 1.82) is 0 Å². The second-order valence-electron chi connectivity index (χ2n) is 6.21. The smallest absolute Gasteiger partial charge is 0.0707 e. The number of hydrogen-bond donors (Lipinski definition) is 1. The Hall–Kier alpha value is -0.120. The highest BCUT2D eigenvalue weighted by Crippen LogP contribution is 2.27. The molecule has 0 aromatic carbocycles. The molecule has 2 fully saturated rings. The first-order valence-electron chi connectivity index (χ1n) is 7.81. The molecule has 0 amide bonds. The molecule has 18 heavy (non-hydrogen) atoms. The average Bonchev–Trinajstić information content (AvgIpc) is 2.96. The van der Waals surface area contributed by atoms with E-state index in [-0.39, 0.29) is 0 Å². The summed E-state index contributed by atoms with van der Waals surface area (Å²) in [5.74, 6) is 0.784. The van der Waals surface area contributed by atoms with Crippen LogP contribution in [0.4, 0.5) is 0 Å². The topological polar surface area (TPSA) is 24.5 Å². The van der Waals surface area contributed by atoms with E-state index >= 15 is 0 Å². The fourth-order valence-corrected chi connectivity index (χ4v) is 3.46. The van der Waals surface area contributed by atoms with Crippen LogP contribution in [0.5, 0.6) is 0 Å². The van der Waals surface area contributed by atoms with Crippen LogP contribution in [0, 0.1) is 5.92 Å². The molecule has 2 aliphatic rings. The van der Waals surface area contributed by atoms with Gasteiger partial charge >= 0.3 is 0 Å². The van der Waals surface area contributed by atoms with Crippen LogP contribution in [0.25, 0.3) is 0 Å². The maximum Gasteiger partial charge on any atom is 0.0707 e. The molecule has 0 radical (unpaired) electrons. The van der Waals surface area contributed by atoms with Crippen LogP contribution in [0.3, 0.4) is 0 Å². The molecule has 3 atom stereocenters. The lowest BCUT2D eigenvalue weighted by Gasteiger charge is -2.29. The molecule has 2 saturated heterocycles. The van der Waals surface area contributed by atoms with Crippen molar-refractivity contribution in [2.24, 2.45) is 5.92 Å². The Labute approximate surface area is 112 Å². The Kier molecular flexibility index (Phi) is 5.46. The zero-order chi connectivity index (χ0) is 13.0. The van der Waals surface area contributed by atoms with E-state index in [4.69, 9.17) is 4.74 Å². The summed E-state index contributed by atoms with van der Waals surface area (Å²) in [7, 11) is 0. The molecule has 106 valence electrons. The zero-order valence-corrected chi connectivity index (χ0v) is 12.3. The third kappa shape index (κ3) is 3.69. The summed E-state index contributed by atoms with van der Waals surface area (Å²) >= 11 is 0. The van der Waals surface area contributed by atoms with Gasteiger partial charge in [-0.1, -0.05) is 20.8 Å². The Balaban J connectivity index is 1.73. The van der Waals surface area contributed by atoms with Gasteiger partial charge in [-0.3, -0.25) is 4.90 Å². The average molecular weight is 254 g/mol. The van der Waals surface area contributed by atoms with E-state index in [1.807, 2.05) is 0 Å². The van der Waals surface area contributed by atoms with Gasteiger partial charge in [0.05, 0.1) is 12.2 Å². The molecule has 2 heterocycles. The van der Waals surface area contributed by atoms with Crippen molar-refractivity contribution < 1.29 is 4.74 Å². The minimum absolute atomic E-state index is 0.454. The van der Waals surface area contributed by atoms with E-state index < -0.39 is 0 Å². The number of ether oxygens (including phenoxy) is 1. The van der Waals surface area contributed by atoms with Crippen molar-refractivity contribution in [3.63, 3.8) is 0 Å². The van der Waals surface area contributed by atoms with Gasteiger partial charge in [0.15, 0.2) is 0 Å². The van der Waals surface area contributed by atoms with Crippen LogP contribution in [-0.4, -0.2) is 49.3 Å². The van der Waals surface area contributed by atoms with Crippen LogP contribution >= 0.6 is 0 Å². The highest BCUT2D eigenvalue weighted by atomic mass is 16.5. The van der Waals surface area contributed by atoms with Crippen molar-refractivity contribution >= 4 is 0 Å². The molecule has 0 aromatic rings. The molecule has 0 saturated carbocycles. The summed E-state index contributed by atoms with van der Waals surface area (Å²) in [5, 5.41) is 3.39. The normalized spacial score (nSPS) is 33.7. The number of hydrogen-bond acceptors (Lipinski definition) is 3. The highest BCUT2D eigenvalue weighted by Gasteiger charge is 2.32. The van der Waals surface area contributed by atoms with Crippen LogP contribution in [0.1, 0.15) is 46.5 Å². The first-order valence-corrected chi connectivity index (χ1v) is 7.81. The van der Waals surface area contributed by atoms with Crippen LogP contribution in [-0.2, 0) is 4.74 Å². The first kappa shape index (κ1) is 14.3. The second-order valence-corrected chi connectivity index (χ2v) is 6.21. The largest absolute Gasteiger partial charge is 0.372 e. The first-order chi connectivity index (χ1) is 8.70. The Bertz CT molecular complexity index is 245. The predicted octanol–water partition coefficient (Wildman–Crippen LogP) is 2.26. The van der Waals surface area contributed by atoms with E-state index in [2.05, 4.69) is 31.0 Å². The van der Waals surface area contributed by atoms with Gasteiger partial charge in [-0.05, 0) is 44.7 Å². The van der Waals surface area contributed by atoms with Crippen molar-refractivity contribution in [2.45, 2.75) is 64.7 Å². The standard InChI is InChI=1S/C15H30N2O/c1-4-16-10-13-7-8-14(18-13)11-17-9-5-6-15(17)12(2)3/h12-16H,4-11H2,1-3H3. The summed E-state index contributed by atoms with van der Waals surface area (Å²) in [6.07, 6.45) is 6.17. The lowest BCUT2D eigenvalue weighted by Crippen LogP contribution is -2.39. The summed E-state index contributed by atoms with van der Waals surface area (Å²) in [4.78, 5) is 2.67. The predicted molar refractivity (Wildman–Crippen MR) is 75.9 cm³/mol. The Morgan fingerprint density at radius 3 is 2.72 bits per heavy atom. The van der Waals surface area contributed by atoms with E-state index in [0.29, 0.717) is 12.2 Å². The van der Waals surface area contributed by atoms with Crippen molar-refractivity contribution in [2.75, 3.05) is 26.2 Å². The third-order valence-corrected chi connectivity index (χ3v) is 4.44. The van der Waals surface area contributed by atoms with Gasteiger partial charge in [0.1, 0.15) is 0 Å². The number of nitrogens with zero attached hydrogens (tertiary/aromatic N) is 1. The minimum atomic E-state index is 0.454. The molecule has 0 spiro atoms. The number of rotatable bonds is 6.